The number of aryl methyl sites for hydroxylation is 1. The van der Waals surface area contributed by atoms with E-state index < -0.39 is 0 Å². The summed E-state index contributed by atoms with van der Waals surface area (Å²) in [4.78, 5) is 20.7. The largest absolute Gasteiger partial charge is 0.393 e. The van der Waals surface area contributed by atoms with Gasteiger partial charge in [-0.2, -0.15) is 0 Å². The minimum atomic E-state index is -0.322. The van der Waals surface area contributed by atoms with E-state index in [9.17, 15) is 9.90 Å². The number of anilines is 1. The molecule has 0 aliphatic carbocycles. The molecule has 1 aromatic rings. The predicted octanol–water partition coefficient (Wildman–Crippen LogP) is 0.818. The average Bonchev–Trinajstić information content (AvgIpc) is 2.63. The van der Waals surface area contributed by atoms with Crippen molar-refractivity contribution in [2.24, 2.45) is 0 Å². The van der Waals surface area contributed by atoms with Crippen LogP contribution in [0.15, 0.2) is 10.9 Å². The van der Waals surface area contributed by atoms with Crippen LogP contribution in [0.1, 0.15) is 31.9 Å². The maximum absolute atomic E-state index is 11.4. The zero-order valence-electron chi connectivity index (χ0n) is 10.3. The lowest BCUT2D eigenvalue weighted by Crippen LogP contribution is -2.34. The highest BCUT2D eigenvalue weighted by molar-refractivity contribution is 5.33. The lowest BCUT2D eigenvalue weighted by atomic mass is 10.1. The van der Waals surface area contributed by atoms with E-state index in [4.69, 9.17) is 0 Å². The monoisotopic (exact) mass is 237 g/mol. The molecule has 17 heavy (non-hydrogen) atoms. The van der Waals surface area contributed by atoms with Gasteiger partial charge in [0.05, 0.1) is 6.10 Å². The predicted molar refractivity (Wildman–Crippen MR) is 66.3 cm³/mol. The van der Waals surface area contributed by atoms with Crippen LogP contribution < -0.4 is 10.5 Å². The van der Waals surface area contributed by atoms with Crippen molar-refractivity contribution in [2.45, 2.75) is 45.3 Å². The Morgan fingerprint density at radius 1 is 1.71 bits per heavy atom. The number of nitrogens with zero attached hydrogens (tertiary/aromatic N) is 2. The summed E-state index contributed by atoms with van der Waals surface area (Å²) in [7, 11) is 0. The van der Waals surface area contributed by atoms with E-state index in [0.29, 0.717) is 5.95 Å². The van der Waals surface area contributed by atoms with E-state index in [1.54, 1.807) is 6.92 Å². The summed E-state index contributed by atoms with van der Waals surface area (Å²) in [6.45, 7) is 4.51. The van der Waals surface area contributed by atoms with Crippen LogP contribution in [-0.2, 0) is 0 Å². The summed E-state index contributed by atoms with van der Waals surface area (Å²) in [5, 5.41) is 9.47. The third-order valence-electron chi connectivity index (χ3n) is 3.12. The van der Waals surface area contributed by atoms with Gasteiger partial charge in [-0.3, -0.25) is 9.78 Å². The molecule has 2 rings (SSSR count). The number of nitrogens with one attached hydrogen (secondary N) is 1. The molecule has 5 nitrogen and oxygen atoms in total. The smallest absolute Gasteiger partial charge is 0.252 e. The number of hydrogen-bond donors (Lipinski definition) is 2. The summed E-state index contributed by atoms with van der Waals surface area (Å²) in [6.07, 6.45) is 2.52. The number of aromatic amines is 1. The zero-order valence-corrected chi connectivity index (χ0v) is 10.3. The van der Waals surface area contributed by atoms with Crippen LogP contribution >= 0.6 is 0 Å². The van der Waals surface area contributed by atoms with Gasteiger partial charge in [-0.25, -0.2) is 4.98 Å². The second kappa shape index (κ2) is 4.87. The molecule has 94 valence electrons. The first kappa shape index (κ1) is 12.1. The fourth-order valence-electron chi connectivity index (χ4n) is 2.45. The Hall–Kier alpha value is -1.36. The molecule has 0 spiro atoms. The molecule has 1 aliphatic heterocycles. The second-order valence-electron chi connectivity index (χ2n) is 4.78. The van der Waals surface area contributed by atoms with E-state index in [2.05, 4.69) is 14.9 Å². The zero-order chi connectivity index (χ0) is 12.4. The Morgan fingerprint density at radius 3 is 3.12 bits per heavy atom. The molecular weight excluding hydrogens is 218 g/mol. The third-order valence-corrected chi connectivity index (χ3v) is 3.12. The van der Waals surface area contributed by atoms with E-state index in [-0.39, 0.29) is 17.7 Å². The van der Waals surface area contributed by atoms with Crippen LogP contribution in [0.3, 0.4) is 0 Å². The fourth-order valence-corrected chi connectivity index (χ4v) is 2.45. The Labute approximate surface area is 100 Å². The maximum atomic E-state index is 11.4. The van der Waals surface area contributed by atoms with Gasteiger partial charge >= 0.3 is 0 Å². The SMILES string of the molecule is Cc1cc(=O)[nH]c(N2CCCC2CC(C)O)n1. The standard InChI is InChI=1S/C12H19N3O2/c1-8-6-11(17)14-12(13-8)15-5-3-4-10(15)7-9(2)16/h6,9-10,16H,3-5,7H2,1-2H3,(H,13,14,17). The van der Waals surface area contributed by atoms with E-state index in [1.807, 2.05) is 6.92 Å². The highest BCUT2D eigenvalue weighted by atomic mass is 16.3. The Balaban J connectivity index is 2.22. The van der Waals surface area contributed by atoms with Crippen LogP contribution in [0.4, 0.5) is 5.95 Å². The molecule has 2 heterocycles. The van der Waals surface area contributed by atoms with Crippen molar-refractivity contribution in [1.82, 2.24) is 9.97 Å². The summed E-state index contributed by atoms with van der Waals surface area (Å²) in [6, 6.07) is 1.77. The number of hydrogen-bond acceptors (Lipinski definition) is 4. The van der Waals surface area contributed by atoms with Gasteiger partial charge in [-0.15, -0.1) is 0 Å². The van der Waals surface area contributed by atoms with Crippen LogP contribution in [-0.4, -0.2) is 33.8 Å². The molecule has 1 fully saturated rings. The fraction of sp³-hybridized carbons (Fsp3) is 0.667. The van der Waals surface area contributed by atoms with Gasteiger partial charge in [0.25, 0.3) is 5.56 Å². The van der Waals surface area contributed by atoms with Crippen LogP contribution in [0, 0.1) is 6.92 Å². The number of aliphatic hydroxyl groups is 1. The van der Waals surface area contributed by atoms with Gasteiger partial charge in [0, 0.05) is 24.3 Å². The van der Waals surface area contributed by atoms with Crippen molar-refractivity contribution in [3.63, 3.8) is 0 Å². The summed E-state index contributed by atoms with van der Waals surface area (Å²) < 4.78 is 0. The van der Waals surface area contributed by atoms with Crippen LogP contribution in [0.25, 0.3) is 0 Å². The molecule has 0 radical (unpaired) electrons. The average molecular weight is 237 g/mol. The molecular formula is C12H19N3O2. The van der Waals surface area contributed by atoms with E-state index in [1.165, 1.54) is 6.07 Å². The quantitative estimate of drug-likeness (QED) is 0.816. The van der Waals surface area contributed by atoms with Gasteiger partial charge in [0.2, 0.25) is 5.95 Å². The third kappa shape index (κ3) is 2.85. The maximum Gasteiger partial charge on any atom is 0.252 e. The minimum absolute atomic E-state index is 0.116. The van der Waals surface area contributed by atoms with E-state index in [0.717, 1.165) is 31.5 Å². The van der Waals surface area contributed by atoms with Crippen molar-refractivity contribution < 1.29 is 5.11 Å². The normalized spacial score (nSPS) is 21.8. The molecule has 0 aromatic carbocycles. The molecule has 2 N–H and O–H groups in total. The molecule has 0 amide bonds. The lowest BCUT2D eigenvalue weighted by molar-refractivity contribution is 0.175. The van der Waals surface area contributed by atoms with Crippen molar-refractivity contribution >= 4 is 5.95 Å². The van der Waals surface area contributed by atoms with Crippen LogP contribution in [0.2, 0.25) is 0 Å². The van der Waals surface area contributed by atoms with Gasteiger partial charge in [0.15, 0.2) is 0 Å². The lowest BCUT2D eigenvalue weighted by Gasteiger charge is -2.26. The molecule has 0 saturated carbocycles. The Kier molecular flexibility index (Phi) is 3.47. The summed E-state index contributed by atoms with van der Waals surface area (Å²) in [5.41, 5.74) is 0.613. The van der Waals surface area contributed by atoms with Gasteiger partial charge in [-0.05, 0) is 33.1 Å². The summed E-state index contributed by atoms with van der Waals surface area (Å²) >= 11 is 0. The molecule has 2 unspecified atom stereocenters. The highest BCUT2D eigenvalue weighted by Gasteiger charge is 2.27. The number of aromatic nitrogens is 2. The summed E-state index contributed by atoms with van der Waals surface area (Å²) in [5.74, 6) is 0.637. The van der Waals surface area contributed by atoms with Gasteiger partial charge < -0.3 is 10.0 Å². The minimum Gasteiger partial charge on any atom is -0.393 e. The molecule has 1 aromatic heterocycles. The van der Waals surface area contributed by atoms with Crippen molar-refractivity contribution in [3.05, 3.63) is 22.1 Å². The molecule has 5 heteroatoms. The first-order valence-corrected chi connectivity index (χ1v) is 6.09. The molecule has 1 saturated heterocycles. The first-order valence-electron chi connectivity index (χ1n) is 6.09. The number of aliphatic hydroxyl groups excluding tert-OH is 1. The molecule has 0 bridgehead atoms. The van der Waals surface area contributed by atoms with Crippen molar-refractivity contribution in [1.29, 1.82) is 0 Å². The van der Waals surface area contributed by atoms with E-state index >= 15 is 0 Å². The van der Waals surface area contributed by atoms with Gasteiger partial charge in [-0.1, -0.05) is 0 Å². The topological polar surface area (TPSA) is 69.2 Å². The van der Waals surface area contributed by atoms with Crippen molar-refractivity contribution in [2.75, 3.05) is 11.4 Å². The highest BCUT2D eigenvalue weighted by Crippen LogP contribution is 2.24. The molecule has 1 aliphatic rings. The second-order valence-corrected chi connectivity index (χ2v) is 4.78. The van der Waals surface area contributed by atoms with Gasteiger partial charge in [0.1, 0.15) is 0 Å². The number of H-pyrrole nitrogens is 1. The van der Waals surface area contributed by atoms with Crippen molar-refractivity contribution in [3.8, 4) is 0 Å². The van der Waals surface area contributed by atoms with Crippen LogP contribution in [0.5, 0.6) is 0 Å². The Morgan fingerprint density at radius 2 is 2.47 bits per heavy atom. The first-order chi connectivity index (χ1) is 8.06. The number of rotatable bonds is 3. The Bertz CT molecular complexity index is 442. The molecule has 2 atom stereocenters.